The minimum absolute atomic E-state index is 0.0106. The number of sulfonamides is 1. The van der Waals surface area contributed by atoms with Gasteiger partial charge in [0, 0.05) is 6.54 Å². The Balaban J connectivity index is 2.84. The fraction of sp³-hybridized carbons (Fsp3) is 0.538. The molecule has 0 saturated heterocycles. The van der Waals surface area contributed by atoms with Crippen molar-refractivity contribution in [3.8, 4) is 0 Å². The monoisotopic (exact) mass is 273 g/mol. The van der Waals surface area contributed by atoms with Crippen molar-refractivity contribution >= 4 is 10.0 Å². The lowest BCUT2D eigenvalue weighted by Crippen LogP contribution is -2.28. The summed E-state index contributed by atoms with van der Waals surface area (Å²) >= 11 is 0. The highest BCUT2D eigenvalue weighted by Crippen LogP contribution is 2.19. The fourth-order valence-electron chi connectivity index (χ4n) is 1.50. The summed E-state index contributed by atoms with van der Waals surface area (Å²) in [6, 6.07) is 3.77. The maximum absolute atomic E-state index is 13.1. The number of hydrogen-bond acceptors (Lipinski definition) is 2. The second-order valence-electron chi connectivity index (χ2n) is 5.62. The first kappa shape index (κ1) is 15.1. The Kier molecular flexibility index (Phi) is 4.50. The van der Waals surface area contributed by atoms with Crippen LogP contribution in [0.4, 0.5) is 4.39 Å². The van der Waals surface area contributed by atoms with E-state index < -0.39 is 15.8 Å². The van der Waals surface area contributed by atoms with E-state index in [2.05, 4.69) is 4.72 Å². The van der Waals surface area contributed by atoms with Gasteiger partial charge in [-0.05, 0) is 36.5 Å². The molecule has 0 aliphatic rings. The third kappa shape index (κ3) is 4.38. The van der Waals surface area contributed by atoms with E-state index in [9.17, 15) is 12.8 Å². The van der Waals surface area contributed by atoms with Crippen molar-refractivity contribution in [1.29, 1.82) is 0 Å². The van der Waals surface area contributed by atoms with E-state index in [0.29, 0.717) is 12.1 Å². The molecule has 0 spiro atoms. The first-order valence-electron chi connectivity index (χ1n) is 5.88. The van der Waals surface area contributed by atoms with Gasteiger partial charge >= 0.3 is 0 Å². The normalized spacial score (nSPS) is 12.7. The molecule has 102 valence electrons. The Labute approximate surface area is 108 Å². The van der Waals surface area contributed by atoms with Crippen LogP contribution in [0, 0.1) is 18.2 Å². The molecule has 0 aromatic heterocycles. The van der Waals surface area contributed by atoms with Gasteiger partial charge in [-0.15, -0.1) is 0 Å². The van der Waals surface area contributed by atoms with Gasteiger partial charge in [0.1, 0.15) is 5.82 Å². The highest BCUT2D eigenvalue weighted by molar-refractivity contribution is 7.89. The summed E-state index contributed by atoms with van der Waals surface area (Å²) in [5.41, 5.74) is 0.596. The molecule has 1 rings (SSSR count). The largest absolute Gasteiger partial charge is 0.240 e. The van der Waals surface area contributed by atoms with Gasteiger partial charge in [-0.1, -0.05) is 26.8 Å². The molecule has 0 fully saturated rings. The van der Waals surface area contributed by atoms with Gasteiger partial charge in [-0.2, -0.15) is 0 Å². The van der Waals surface area contributed by atoms with E-state index in [1.165, 1.54) is 12.1 Å². The topological polar surface area (TPSA) is 46.2 Å². The summed E-state index contributed by atoms with van der Waals surface area (Å²) < 4.78 is 39.6. The average Bonchev–Trinajstić information content (AvgIpc) is 2.19. The zero-order valence-electron chi connectivity index (χ0n) is 11.2. The van der Waals surface area contributed by atoms with Gasteiger partial charge in [-0.3, -0.25) is 0 Å². The van der Waals surface area contributed by atoms with Gasteiger partial charge in [0.2, 0.25) is 10.0 Å². The highest BCUT2D eigenvalue weighted by Gasteiger charge is 2.18. The molecule has 0 bridgehead atoms. The summed E-state index contributed by atoms with van der Waals surface area (Å²) in [7, 11) is -3.63. The van der Waals surface area contributed by atoms with Crippen molar-refractivity contribution in [2.75, 3.05) is 6.54 Å². The molecule has 0 saturated carbocycles. The van der Waals surface area contributed by atoms with Crippen LogP contribution in [0.1, 0.15) is 32.8 Å². The maximum atomic E-state index is 13.1. The average molecular weight is 273 g/mol. The number of rotatable bonds is 4. The van der Waals surface area contributed by atoms with Crippen molar-refractivity contribution in [2.24, 2.45) is 5.41 Å². The van der Waals surface area contributed by atoms with Crippen molar-refractivity contribution in [2.45, 2.75) is 39.0 Å². The van der Waals surface area contributed by atoms with Crippen LogP contribution in [0.5, 0.6) is 0 Å². The summed E-state index contributed by atoms with van der Waals surface area (Å²) in [4.78, 5) is 0.0106. The molecule has 5 heteroatoms. The quantitative estimate of drug-likeness (QED) is 0.917. The van der Waals surface area contributed by atoms with E-state index in [4.69, 9.17) is 0 Å². The minimum Gasteiger partial charge on any atom is -0.211 e. The first-order valence-corrected chi connectivity index (χ1v) is 7.36. The van der Waals surface area contributed by atoms with E-state index in [-0.39, 0.29) is 10.3 Å². The molecule has 1 N–H and O–H groups in total. The molecule has 18 heavy (non-hydrogen) atoms. The Hall–Kier alpha value is -0.940. The number of halogens is 1. The summed E-state index contributed by atoms with van der Waals surface area (Å²) in [6.07, 6.45) is 0.723. The van der Waals surface area contributed by atoms with Crippen LogP contribution < -0.4 is 4.72 Å². The van der Waals surface area contributed by atoms with Crippen LogP contribution in [0.15, 0.2) is 23.1 Å². The van der Waals surface area contributed by atoms with Gasteiger partial charge in [-0.25, -0.2) is 17.5 Å². The lowest BCUT2D eigenvalue weighted by Gasteiger charge is -2.18. The third-order valence-corrected chi connectivity index (χ3v) is 4.21. The van der Waals surface area contributed by atoms with E-state index in [1.54, 1.807) is 6.92 Å². The maximum Gasteiger partial charge on any atom is 0.240 e. The van der Waals surface area contributed by atoms with Crippen LogP contribution in [0.2, 0.25) is 0 Å². The lowest BCUT2D eigenvalue weighted by molar-refractivity contribution is 0.378. The van der Waals surface area contributed by atoms with Crippen molar-refractivity contribution in [3.63, 3.8) is 0 Å². The van der Waals surface area contributed by atoms with E-state index >= 15 is 0 Å². The Morgan fingerprint density at radius 2 is 1.89 bits per heavy atom. The molecule has 0 atom stereocenters. The van der Waals surface area contributed by atoms with Gasteiger partial charge < -0.3 is 0 Å². The number of hydrogen-bond donors (Lipinski definition) is 1. The number of benzene rings is 1. The van der Waals surface area contributed by atoms with Gasteiger partial charge in [0.15, 0.2) is 0 Å². The van der Waals surface area contributed by atoms with E-state index in [0.717, 1.165) is 12.5 Å². The standard InChI is InChI=1S/C13H20FNO2S/c1-10-5-6-11(14)9-12(10)18(16,17)15-8-7-13(2,3)4/h5-6,9,15H,7-8H2,1-4H3. The first-order chi connectivity index (χ1) is 8.12. The Morgan fingerprint density at radius 1 is 1.28 bits per heavy atom. The molecule has 0 amide bonds. The molecule has 1 aromatic rings. The second kappa shape index (κ2) is 5.36. The summed E-state index contributed by atoms with van der Waals surface area (Å²) in [6.45, 7) is 8.11. The molecule has 3 nitrogen and oxygen atoms in total. The minimum atomic E-state index is -3.63. The number of nitrogens with one attached hydrogen (secondary N) is 1. The molecule has 0 heterocycles. The highest BCUT2D eigenvalue weighted by atomic mass is 32.2. The number of aryl methyl sites for hydroxylation is 1. The summed E-state index contributed by atoms with van der Waals surface area (Å²) in [5.74, 6) is -0.545. The smallest absolute Gasteiger partial charge is 0.211 e. The van der Waals surface area contributed by atoms with Crippen LogP contribution in [0.3, 0.4) is 0 Å². The molecule has 1 aromatic carbocycles. The van der Waals surface area contributed by atoms with Crippen LogP contribution in [-0.4, -0.2) is 15.0 Å². The van der Waals surface area contributed by atoms with Crippen molar-refractivity contribution < 1.29 is 12.8 Å². The molecular formula is C13H20FNO2S. The molecule has 0 unspecified atom stereocenters. The predicted octanol–water partition coefficient (Wildman–Crippen LogP) is 2.85. The SMILES string of the molecule is Cc1ccc(F)cc1S(=O)(=O)NCCC(C)(C)C. The van der Waals surface area contributed by atoms with Gasteiger partial charge in [0.25, 0.3) is 0 Å². The Bertz CT molecular complexity index is 518. The van der Waals surface area contributed by atoms with Gasteiger partial charge in [0.05, 0.1) is 4.90 Å². The lowest BCUT2D eigenvalue weighted by atomic mass is 9.93. The second-order valence-corrected chi connectivity index (χ2v) is 7.35. The predicted molar refractivity (Wildman–Crippen MR) is 70.4 cm³/mol. The van der Waals surface area contributed by atoms with Crippen LogP contribution >= 0.6 is 0 Å². The molecule has 0 radical (unpaired) electrons. The zero-order valence-corrected chi connectivity index (χ0v) is 12.1. The molecular weight excluding hydrogens is 253 g/mol. The summed E-state index contributed by atoms with van der Waals surface area (Å²) in [5, 5.41) is 0. The van der Waals surface area contributed by atoms with Crippen molar-refractivity contribution in [3.05, 3.63) is 29.6 Å². The Morgan fingerprint density at radius 3 is 2.44 bits per heavy atom. The third-order valence-electron chi connectivity index (χ3n) is 2.61. The van der Waals surface area contributed by atoms with Crippen LogP contribution in [0.25, 0.3) is 0 Å². The molecule has 0 aliphatic heterocycles. The van der Waals surface area contributed by atoms with Crippen LogP contribution in [-0.2, 0) is 10.0 Å². The van der Waals surface area contributed by atoms with E-state index in [1.807, 2.05) is 20.8 Å². The molecule has 0 aliphatic carbocycles. The zero-order chi connectivity index (χ0) is 14.0. The van der Waals surface area contributed by atoms with Crippen molar-refractivity contribution in [1.82, 2.24) is 4.72 Å². The fourth-order valence-corrected chi connectivity index (χ4v) is 2.79.